The van der Waals surface area contributed by atoms with E-state index in [1.807, 2.05) is 6.08 Å². The predicted molar refractivity (Wildman–Crippen MR) is 95.9 cm³/mol. The molecule has 3 nitrogen and oxygen atoms in total. The van der Waals surface area contributed by atoms with Crippen LogP contribution in [0.1, 0.15) is 49.4 Å². The lowest BCUT2D eigenvalue weighted by atomic mass is 9.93. The van der Waals surface area contributed by atoms with E-state index in [9.17, 15) is 4.79 Å². The summed E-state index contributed by atoms with van der Waals surface area (Å²) in [5.74, 6) is 0.312. The molecule has 0 aromatic heterocycles. The van der Waals surface area contributed by atoms with Crippen LogP contribution in [-0.2, 0) is 17.9 Å². The molecule has 0 fully saturated rings. The molecule has 0 aliphatic heterocycles. The molecule has 1 aliphatic rings. The number of benzene rings is 1. The fourth-order valence-electron chi connectivity index (χ4n) is 3.46. The van der Waals surface area contributed by atoms with Gasteiger partial charge >= 0.3 is 0 Å². The van der Waals surface area contributed by atoms with Gasteiger partial charge in [-0.3, -0.25) is 4.79 Å². The number of allylic oxidation sites excluding steroid dienone is 3. The summed E-state index contributed by atoms with van der Waals surface area (Å²) in [6.45, 7) is 11.6. The lowest BCUT2D eigenvalue weighted by Crippen LogP contribution is -2.27. The van der Waals surface area contributed by atoms with Crippen LogP contribution in [0.3, 0.4) is 0 Å². The van der Waals surface area contributed by atoms with Crippen LogP contribution in [0.4, 0.5) is 0 Å². The molecule has 0 radical (unpaired) electrons. The number of nitrogens with two attached hydrogens (primary N) is 1. The first-order valence-electron chi connectivity index (χ1n) is 8.35. The van der Waals surface area contributed by atoms with E-state index >= 15 is 0 Å². The molecule has 3 heteroatoms. The first kappa shape index (κ1) is 17.5. The minimum absolute atomic E-state index is 0.0507. The van der Waals surface area contributed by atoms with Gasteiger partial charge in [0.1, 0.15) is 0 Å². The fourth-order valence-corrected chi connectivity index (χ4v) is 3.46. The van der Waals surface area contributed by atoms with Crippen LogP contribution in [-0.4, -0.2) is 5.91 Å². The zero-order valence-electron chi connectivity index (χ0n) is 14.9. The second-order valence-corrected chi connectivity index (χ2v) is 6.52. The van der Waals surface area contributed by atoms with Gasteiger partial charge in [0.2, 0.25) is 5.91 Å². The van der Waals surface area contributed by atoms with Gasteiger partial charge in [0.05, 0.1) is 0 Å². The van der Waals surface area contributed by atoms with Crippen molar-refractivity contribution in [3.05, 3.63) is 57.2 Å². The maximum Gasteiger partial charge on any atom is 0.248 e. The third-order valence-corrected chi connectivity index (χ3v) is 4.98. The fraction of sp³-hybridized carbons (Fsp3) is 0.450. The summed E-state index contributed by atoms with van der Waals surface area (Å²) in [5, 5.41) is 3.10. The van der Waals surface area contributed by atoms with E-state index in [0.717, 1.165) is 17.6 Å². The van der Waals surface area contributed by atoms with E-state index in [-0.39, 0.29) is 11.8 Å². The Labute approximate surface area is 139 Å². The molecule has 23 heavy (non-hydrogen) atoms. The Bertz CT molecular complexity index is 660. The lowest BCUT2D eigenvalue weighted by Gasteiger charge is -2.17. The highest BCUT2D eigenvalue weighted by molar-refractivity contribution is 5.96. The van der Waals surface area contributed by atoms with E-state index in [1.54, 1.807) is 0 Å². The van der Waals surface area contributed by atoms with Crippen LogP contribution >= 0.6 is 0 Å². The summed E-state index contributed by atoms with van der Waals surface area (Å²) in [6, 6.07) is 4.21. The molecule has 1 aromatic rings. The molecule has 0 saturated carbocycles. The van der Waals surface area contributed by atoms with Gasteiger partial charge < -0.3 is 11.1 Å². The lowest BCUT2D eigenvalue weighted by molar-refractivity contribution is -0.118. The summed E-state index contributed by atoms with van der Waals surface area (Å²) in [7, 11) is 0. The maximum atomic E-state index is 12.6. The van der Waals surface area contributed by atoms with Crippen molar-refractivity contribution in [3.63, 3.8) is 0 Å². The quantitative estimate of drug-likeness (QED) is 0.871. The summed E-state index contributed by atoms with van der Waals surface area (Å²) in [6.07, 6.45) is 3.00. The van der Waals surface area contributed by atoms with Crippen molar-refractivity contribution in [2.45, 2.75) is 54.1 Å². The van der Waals surface area contributed by atoms with Gasteiger partial charge in [0, 0.05) is 24.6 Å². The van der Waals surface area contributed by atoms with E-state index in [0.29, 0.717) is 13.1 Å². The number of amides is 1. The molecule has 0 heterocycles. The number of nitrogens with one attached hydrogen (secondary N) is 1. The van der Waals surface area contributed by atoms with E-state index in [1.165, 1.54) is 27.8 Å². The highest BCUT2D eigenvalue weighted by Gasteiger charge is 2.26. The molecule has 1 aromatic carbocycles. The number of carbonyl (C=O) groups is 1. The van der Waals surface area contributed by atoms with Crippen LogP contribution in [0.2, 0.25) is 0 Å². The molecule has 3 N–H and O–H groups in total. The first-order valence-corrected chi connectivity index (χ1v) is 8.35. The molecule has 1 aliphatic carbocycles. The Kier molecular flexibility index (Phi) is 5.42. The molecular formula is C20H28N2O. The maximum absolute atomic E-state index is 12.6. The van der Waals surface area contributed by atoms with Crippen LogP contribution in [0.5, 0.6) is 0 Å². The summed E-state index contributed by atoms with van der Waals surface area (Å²) in [5.41, 5.74) is 13.8. The normalized spacial score (nSPS) is 17.5. The Morgan fingerprint density at radius 2 is 1.78 bits per heavy atom. The molecule has 2 rings (SSSR count). The first-order chi connectivity index (χ1) is 10.9. The zero-order chi connectivity index (χ0) is 17.1. The molecule has 124 valence electrons. The molecule has 0 spiro atoms. The predicted octanol–water partition coefficient (Wildman–Crippen LogP) is 3.68. The number of carbonyl (C=O) groups excluding carboxylic acids is 1. The average molecular weight is 312 g/mol. The van der Waals surface area contributed by atoms with Crippen molar-refractivity contribution in [2.75, 3.05) is 0 Å². The van der Waals surface area contributed by atoms with Crippen molar-refractivity contribution in [1.82, 2.24) is 5.32 Å². The molecule has 1 unspecified atom stereocenters. The molecular weight excluding hydrogens is 284 g/mol. The Morgan fingerprint density at radius 3 is 2.30 bits per heavy atom. The summed E-state index contributed by atoms with van der Waals surface area (Å²) in [4.78, 5) is 12.6. The number of aryl methyl sites for hydroxylation is 2. The third-order valence-electron chi connectivity index (χ3n) is 4.98. The average Bonchev–Trinajstić information content (AvgIpc) is 2.81. The SMILES string of the molecule is CCC1C(C(=O)NCc2c(C)cc(CN)cc2C)=CC(C)=C1C. The van der Waals surface area contributed by atoms with Crippen molar-refractivity contribution in [2.24, 2.45) is 11.7 Å². The zero-order valence-corrected chi connectivity index (χ0v) is 14.9. The van der Waals surface area contributed by atoms with Gasteiger partial charge in [0.15, 0.2) is 0 Å². The summed E-state index contributed by atoms with van der Waals surface area (Å²) >= 11 is 0. The molecule has 0 bridgehead atoms. The molecule has 0 saturated heterocycles. The van der Waals surface area contributed by atoms with Crippen LogP contribution in [0, 0.1) is 19.8 Å². The van der Waals surface area contributed by atoms with Crippen molar-refractivity contribution in [3.8, 4) is 0 Å². The minimum atomic E-state index is 0.0507. The topological polar surface area (TPSA) is 55.1 Å². The van der Waals surface area contributed by atoms with Crippen molar-refractivity contribution >= 4 is 5.91 Å². The minimum Gasteiger partial charge on any atom is -0.348 e. The van der Waals surface area contributed by atoms with Gasteiger partial charge in [-0.2, -0.15) is 0 Å². The van der Waals surface area contributed by atoms with Gasteiger partial charge in [-0.1, -0.05) is 36.3 Å². The van der Waals surface area contributed by atoms with E-state index in [4.69, 9.17) is 5.73 Å². The van der Waals surface area contributed by atoms with Crippen LogP contribution in [0.25, 0.3) is 0 Å². The second-order valence-electron chi connectivity index (χ2n) is 6.52. The monoisotopic (exact) mass is 312 g/mol. The van der Waals surface area contributed by atoms with Crippen LogP contribution < -0.4 is 11.1 Å². The molecule has 1 atom stereocenters. The van der Waals surface area contributed by atoms with E-state index < -0.39 is 0 Å². The smallest absolute Gasteiger partial charge is 0.248 e. The van der Waals surface area contributed by atoms with E-state index in [2.05, 4.69) is 52.1 Å². The highest BCUT2D eigenvalue weighted by atomic mass is 16.1. The second kappa shape index (κ2) is 7.14. The Hall–Kier alpha value is -1.87. The van der Waals surface area contributed by atoms with Gasteiger partial charge in [0.25, 0.3) is 0 Å². The standard InChI is InChI=1S/C20H28N2O/c1-6-17-15(5)12(2)9-18(17)20(23)22-11-19-13(3)7-16(10-21)8-14(19)4/h7-9,17H,6,10-11,21H2,1-5H3,(H,22,23). The van der Waals surface area contributed by atoms with Gasteiger partial charge in [-0.15, -0.1) is 0 Å². The van der Waals surface area contributed by atoms with Crippen molar-refractivity contribution < 1.29 is 4.79 Å². The van der Waals surface area contributed by atoms with Gasteiger partial charge in [-0.05, 0) is 56.4 Å². The third kappa shape index (κ3) is 3.56. The number of hydrogen-bond acceptors (Lipinski definition) is 2. The Morgan fingerprint density at radius 1 is 1.17 bits per heavy atom. The summed E-state index contributed by atoms with van der Waals surface area (Å²) < 4.78 is 0. The highest BCUT2D eigenvalue weighted by Crippen LogP contribution is 2.33. The van der Waals surface area contributed by atoms with Crippen molar-refractivity contribution in [1.29, 1.82) is 0 Å². The van der Waals surface area contributed by atoms with Gasteiger partial charge in [-0.25, -0.2) is 0 Å². The van der Waals surface area contributed by atoms with Crippen LogP contribution in [0.15, 0.2) is 34.9 Å². The molecule has 1 amide bonds. The largest absolute Gasteiger partial charge is 0.348 e. The number of hydrogen-bond donors (Lipinski definition) is 2. The Balaban J connectivity index is 2.11. The number of rotatable bonds is 5.